The third-order valence-corrected chi connectivity index (χ3v) is 5.47. The number of nitrogens with one attached hydrogen (secondary N) is 2. The lowest BCUT2D eigenvalue weighted by atomic mass is 9.78. The van der Waals surface area contributed by atoms with Crippen molar-refractivity contribution in [2.24, 2.45) is 17.8 Å². The summed E-state index contributed by atoms with van der Waals surface area (Å²) in [4.78, 5) is 12.3. The van der Waals surface area contributed by atoms with Crippen molar-refractivity contribution in [3.63, 3.8) is 0 Å². The van der Waals surface area contributed by atoms with Gasteiger partial charge in [-0.3, -0.25) is 4.79 Å². The number of rotatable bonds is 4. The van der Waals surface area contributed by atoms with E-state index in [2.05, 4.69) is 31.4 Å². The lowest BCUT2D eigenvalue weighted by molar-refractivity contribution is -0.124. The summed E-state index contributed by atoms with van der Waals surface area (Å²) in [5.74, 6) is 2.26. The van der Waals surface area contributed by atoms with E-state index in [4.69, 9.17) is 0 Å². The average molecular weight is 280 g/mol. The first-order chi connectivity index (χ1) is 9.48. The van der Waals surface area contributed by atoms with Gasteiger partial charge in [0, 0.05) is 12.0 Å². The van der Waals surface area contributed by atoms with Crippen molar-refractivity contribution in [2.75, 3.05) is 13.1 Å². The number of carbonyl (C=O) groups excluding carboxylic acids is 1. The maximum absolute atomic E-state index is 12.3. The van der Waals surface area contributed by atoms with Crippen molar-refractivity contribution in [1.29, 1.82) is 0 Å². The monoisotopic (exact) mass is 280 g/mol. The van der Waals surface area contributed by atoms with Gasteiger partial charge in [0.1, 0.15) is 0 Å². The van der Waals surface area contributed by atoms with Gasteiger partial charge in [0.15, 0.2) is 0 Å². The van der Waals surface area contributed by atoms with E-state index in [0.29, 0.717) is 18.3 Å². The van der Waals surface area contributed by atoms with Crippen molar-refractivity contribution in [2.45, 2.75) is 71.3 Å². The molecule has 1 saturated heterocycles. The molecular weight excluding hydrogens is 248 g/mol. The van der Waals surface area contributed by atoms with Gasteiger partial charge in [0.25, 0.3) is 0 Å². The molecule has 2 N–H and O–H groups in total. The van der Waals surface area contributed by atoms with E-state index >= 15 is 0 Å². The molecule has 3 nitrogen and oxygen atoms in total. The number of hydrogen-bond donors (Lipinski definition) is 2. The molecule has 1 aliphatic heterocycles. The Morgan fingerprint density at radius 3 is 2.65 bits per heavy atom. The van der Waals surface area contributed by atoms with Gasteiger partial charge in [0.2, 0.25) is 5.91 Å². The minimum Gasteiger partial charge on any atom is -0.351 e. The van der Waals surface area contributed by atoms with Crippen molar-refractivity contribution in [3.8, 4) is 0 Å². The summed E-state index contributed by atoms with van der Waals surface area (Å²) < 4.78 is 0. The second-order valence-electron chi connectivity index (χ2n) is 7.58. The van der Waals surface area contributed by atoms with Crippen LogP contribution in [0.2, 0.25) is 0 Å². The molecule has 0 aromatic carbocycles. The minimum absolute atomic E-state index is 0.0497. The highest BCUT2D eigenvalue weighted by Crippen LogP contribution is 2.32. The zero-order chi connectivity index (χ0) is 14.6. The van der Waals surface area contributed by atoms with Gasteiger partial charge < -0.3 is 10.6 Å². The van der Waals surface area contributed by atoms with Gasteiger partial charge >= 0.3 is 0 Å². The molecule has 2 rings (SSSR count). The predicted octanol–water partition coefficient (Wildman–Crippen LogP) is 3.10. The van der Waals surface area contributed by atoms with Crippen molar-refractivity contribution in [1.82, 2.24) is 10.6 Å². The first-order valence-corrected chi connectivity index (χ1v) is 8.50. The molecule has 3 heteroatoms. The van der Waals surface area contributed by atoms with E-state index < -0.39 is 0 Å². The highest BCUT2D eigenvalue weighted by molar-refractivity contribution is 5.77. The summed E-state index contributed by atoms with van der Waals surface area (Å²) in [6.07, 6.45) is 8.00. The van der Waals surface area contributed by atoms with Crippen molar-refractivity contribution in [3.05, 3.63) is 0 Å². The van der Waals surface area contributed by atoms with Gasteiger partial charge in [-0.2, -0.15) is 0 Å². The van der Waals surface area contributed by atoms with Crippen LogP contribution in [0.15, 0.2) is 0 Å². The molecule has 1 saturated carbocycles. The van der Waals surface area contributed by atoms with Crippen LogP contribution in [0.4, 0.5) is 0 Å². The molecule has 0 spiro atoms. The Kier molecular flexibility index (Phi) is 5.48. The molecule has 2 fully saturated rings. The quantitative estimate of drug-likeness (QED) is 0.831. The molecular formula is C17H32N2O. The smallest absolute Gasteiger partial charge is 0.220 e. The van der Waals surface area contributed by atoms with E-state index in [-0.39, 0.29) is 11.4 Å². The van der Waals surface area contributed by atoms with Gasteiger partial charge in [0.05, 0.1) is 0 Å². The van der Waals surface area contributed by atoms with Crippen molar-refractivity contribution >= 4 is 5.91 Å². The Balaban J connectivity index is 1.76. The third-order valence-electron chi connectivity index (χ3n) is 5.47. The van der Waals surface area contributed by atoms with Crippen LogP contribution in [0.25, 0.3) is 0 Å². The standard InChI is InChI=1S/C17H32N2O/c1-13-6-8-17(3,9-7-13)19-16(20)11-14(2)15-5-4-10-18-12-15/h13-15,18H,4-12H2,1-3H3,(H,19,20). The van der Waals surface area contributed by atoms with Crippen LogP contribution in [-0.4, -0.2) is 24.5 Å². The van der Waals surface area contributed by atoms with Gasteiger partial charge in [-0.25, -0.2) is 0 Å². The first kappa shape index (κ1) is 15.8. The highest BCUT2D eigenvalue weighted by atomic mass is 16.1. The lowest BCUT2D eigenvalue weighted by Crippen LogP contribution is -2.48. The fourth-order valence-electron chi connectivity index (χ4n) is 3.74. The third kappa shape index (κ3) is 4.47. The molecule has 20 heavy (non-hydrogen) atoms. The van der Waals surface area contributed by atoms with E-state index in [9.17, 15) is 4.79 Å². The van der Waals surface area contributed by atoms with E-state index in [0.717, 1.165) is 31.8 Å². The van der Waals surface area contributed by atoms with E-state index in [1.165, 1.54) is 25.7 Å². The van der Waals surface area contributed by atoms with Crippen LogP contribution in [0.5, 0.6) is 0 Å². The molecule has 1 heterocycles. The molecule has 116 valence electrons. The van der Waals surface area contributed by atoms with Gasteiger partial charge in [-0.1, -0.05) is 13.8 Å². The fourth-order valence-corrected chi connectivity index (χ4v) is 3.74. The van der Waals surface area contributed by atoms with E-state index in [1.54, 1.807) is 0 Å². The van der Waals surface area contributed by atoms with Crippen LogP contribution in [0.1, 0.15) is 65.7 Å². The maximum atomic E-state index is 12.3. The van der Waals surface area contributed by atoms with Crippen LogP contribution in [-0.2, 0) is 4.79 Å². The Hall–Kier alpha value is -0.570. The normalized spacial score (nSPS) is 36.4. The Labute approximate surface area is 124 Å². The summed E-state index contributed by atoms with van der Waals surface area (Å²) in [7, 11) is 0. The molecule has 0 aromatic heterocycles. The Morgan fingerprint density at radius 2 is 2.05 bits per heavy atom. The second kappa shape index (κ2) is 6.93. The van der Waals surface area contributed by atoms with Gasteiger partial charge in [-0.15, -0.1) is 0 Å². The largest absolute Gasteiger partial charge is 0.351 e. The summed E-state index contributed by atoms with van der Waals surface area (Å²) in [6.45, 7) is 9.01. The molecule has 1 aliphatic carbocycles. The molecule has 2 atom stereocenters. The lowest BCUT2D eigenvalue weighted by Gasteiger charge is -2.37. The molecule has 0 aromatic rings. The van der Waals surface area contributed by atoms with Crippen LogP contribution in [0.3, 0.4) is 0 Å². The molecule has 0 radical (unpaired) electrons. The average Bonchev–Trinajstić information content (AvgIpc) is 2.43. The summed E-state index contributed by atoms with van der Waals surface area (Å²) in [5.41, 5.74) is 0.0497. The van der Waals surface area contributed by atoms with Crippen LogP contribution < -0.4 is 10.6 Å². The van der Waals surface area contributed by atoms with E-state index in [1.807, 2.05) is 0 Å². The summed E-state index contributed by atoms with van der Waals surface area (Å²) >= 11 is 0. The zero-order valence-electron chi connectivity index (χ0n) is 13.5. The number of hydrogen-bond acceptors (Lipinski definition) is 2. The minimum atomic E-state index is 0.0497. The first-order valence-electron chi connectivity index (χ1n) is 8.50. The van der Waals surface area contributed by atoms with Gasteiger partial charge in [-0.05, 0) is 76.3 Å². The maximum Gasteiger partial charge on any atom is 0.220 e. The predicted molar refractivity (Wildman–Crippen MR) is 83.6 cm³/mol. The number of carbonyl (C=O) groups is 1. The number of amides is 1. The summed E-state index contributed by atoms with van der Waals surface area (Å²) in [6, 6.07) is 0. The molecule has 1 amide bonds. The van der Waals surface area contributed by atoms with Crippen molar-refractivity contribution < 1.29 is 4.79 Å². The summed E-state index contributed by atoms with van der Waals surface area (Å²) in [5, 5.41) is 6.78. The molecule has 2 aliphatic rings. The van der Waals surface area contributed by atoms with Crippen LogP contribution in [0, 0.1) is 17.8 Å². The number of piperidine rings is 1. The zero-order valence-corrected chi connectivity index (χ0v) is 13.5. The molecule has 0 bridgehead atoms. The topological polar surface area (TPSA) is 41.1 Å². The Morgan fingerprint density at radius 1 is 1.35 bits per heavy atom. The second-order valence-corrected chi connectivity index (χ2v) is 7.58. The SMILES string of the molecule is CC1CCC(C)(NC(=O)CC(C)C2CCCNC2)CC1. The highest BCUT2D eigenvalue weighted by Gasteiger charge is 2.31. The fraction of sp³-hybridized carbons (Fsp3) is 0.941. The van der Waals surface area contributed by atoms with Crippen LogP contribution >= 0.6 is 0 Å². The Bertz CT molecular complexity index is 315. The molecule has 2 unspecified atom stereocenters.